The summed E-state index contributed by atoms with van der Waals surface area (Å²) in [5.41, 5.74) is 1.57. The number of hydrogen-bond acceptors (Lipinski definition) is 6. The third-order valence-corrected chi connectivity index (χ3v) is 5.18. The first-order valence-electron chi connectivity index (χ1n) is 8.45. The van der Waals surface area contributed by atoms with Gasteiger partial charge in [-0.05, 0) is 23.8 Å². The summed E-state index contributed by atoms with van der Waals surface area (Å²) in [5.74, 6) is 0.974. The van der Waals surface area contributed by atoms with Crippen molar-refractivity contribution in [3.63, 3.8) is 0 Å². The first-order valence-corrected chi connectivity index (χ1v) is 9.44. The van der Waals surface area contributed by atoms with Gasteiger partial charge >= 0.3 is 6.18 Å². The van der Waals surface area contributed by atoms with Crippen LogP contribution < -0.4 is 4.74 Å². The number of rotatable bonds is 5. The predicted octanol–water partition coefficient (Wildman–Crippen LogP) is 4.53. The molecule has 0 amide bonds. The largest absolute Gasteiger partial charge is 0.497 e. The highest BCUT2D eigenvalue weighted by molar-refractivity contribution is 7.98. The lowest BCUT2D eigenvalue weighted by atomic mass is 10.1. The minimum Gasteiger partial charge on any atom is -0.497 e. The molecule has 0 saturated heterocycles. The van der Waals surface area contributed by atoms with E-state index < -0.39 is 11.7 Å². The molecule has 0 aliphatic rings. The second-order valence-electron chi connectivity index (χ2n) is 6.04. The molecule has 148 valence electrons. The maximum atomic E-state index is 12.9. The molecule has 29 heavy (non-hydrogen) atoms. The highest BCUT2D eigenvalue weighted by Gasteiger charge is 2.30. The summed E-state index contributed by atoms with van der Waals surface area (Å²) in [6, 6.07) is 12.5. The standard InChI is InChI=1S/C19H14F3N5OS/c1-28-15-7-3-6-14(9-15)27-17-16(25-26-27)18(24-11-23-17)29-10-12-4-2-5-13(8-12)19(20,21)22/h2-9,11H,10H2,1H3. The summed E-state index contributed by atoms with van der Waals surface area (Å²) in [6.07, 6.45) is -2.99. The zero-order valence-corrected chi connectivity index (χ0v) is 15.9. The maximum Gasteiger partial charge on any atom is 0.416 e. The van der Waals surface area contributed by atoms with Gasteiger partial charge in [-0.2, -0.15) is 17.9 Å². The molecule has 6 nitrogen and oxygen atoms in total. The molecule has 0 N–H and O–H groups in total. The Morgan fingerprint density at radius 2 is 1.90 bits per heavy atom. The van der Waals surface area contributed by atoms with Crippen molar-refractivity contribution in [3.8, 4) is 11.4 Å². The Bertz CT molecular complexity index is 1160. The van der Waals surface area contributed by atoms with E-state index in [9.17, 15) is 13.2 Å². The fraction of sp³-hybridized carbons (Fsp3) is 0.158. The van der Waals surface area contributed by atoms with Crippen LogP contribution in [0.5, 0.6) is 5.75 Å². The lowest BCUT2D eigenvalue weighted by Crippen LogP contribution is -2.04. The molecule has 2 heterocycles. The van der Waals surface area contributed by atoms with Crippen LogP contribution in [-0.2, 0) is 11.9 Å². The topological polar surface area (TPSA) is 65.7 Å². The SMILES string of the molecule is COc1cccc(-n2nnc3c(SCc4cccc(C(F)(F)F)c4)ncnc32)c1. The molecule has 0 bridgehead atoms. The lowest BCUT2D eigenvalue weighted by molar-refractivity contribution is -0.137. The Labute approximate surface area is 167 Å². The average molecular weight is 417 g/mol. The van der Waals surface area contributed by atoms with Gasteiger partial charge in [-0.3, -0.25) is 0 Å². The van der Waals surface area contributed by atoms with Crippen LogP contribution in [0.3, 0.4) is 0 Å². The summed E-state index contributed by atoms with van der Waals surface area (Å²) >= 11 is 1.28. The summed E-state index contributed by atoms with van der Waals surface area (Å²) in [4.78, 5) is 8.48. The van der Waals surface area contributed by atoms with E-state index in [2.05, 4.69) is 20.3 Å². The molecule has 0 fully saturated rings. The van der Waals surface area contributed by atoms with Crippen LogP contribution in [0.2, 0.25) is 0 Å². The molecule has 0 aliphatic carbocycles. The second kappa shape index (κ2) is 7.70. The van der Waals surface area contributed by atoms with Gasteiger partial charge in [-0.15, -0.1) is 5.10 Å². The molecule has 0 saturated carbocycles. The third-order valence-electron chi connectivity index (χ3n) is 4.13. The van der Waals surface area contributed by atoms with Gasteiger partial charge in [0.05, 0.1) is 18.4 Å². The molecule has 0 aliphatic heterocycles. The fourth-order valence-corrected chi connectivity index (χ4v) is 3.61. The van der Waals surface area contributed by atoms with Crippen molar-refractivity contribution in [1.29, 1.82) is 0 Å². The number of nitrogens with zero attached hydrogens (tertiary/aromatic N) is 5. The Morgan fingerprint density at radius 1 is 1.07 bits per heavy atom. The molecule has 10 heteroatoms. The zero-order chi connectivity index (χ0) is 20.4. The summed E-state index contributed by atoms with van der Waals surface area (Å²) in [7, 11) is 1.57. The molecule has 4 aromatic rings. The van der Waals surface area contributed by atoms with Crippen LogP contribution in [0.1, 0.15) is 11.1 Å². The molecular weight excluding hydrogens is 403 g/mol. The number of benzene rings is 2. The van der Waals surface area contributed by atoms with Crippen molar-refractivity contribution in [3.05, 3.63) is 66.0 Å². The van der Waals surface area contributed by atoms with Crippen LogP contribution in [0, 0.1) is 0 Å². The van der Waals surface area contributed by atoms with Gasteiger partial charge in [0.25, 0.3) is 0 Å². The maximum absolute atomic E-state index is 12.9. The normalized spacial score (nSPS) is 11.7. The second-order valence-corrected chi connectivity index (χ2v) is 7.00. The number of alkyl halides is 3. The number of aromatic nitrogens is 5. The van der Waals surface area contributed by atoms with Crippen LogP contribution in [0.4, 0.5) is 13.2 Å². The van der Waals surface area contributed by atoms with E-state index in [0.29, 0.717) is 33.3 Å². The van der Waals surface area contributed by atoms with Gasteiger partial charge in [-0.1, -0.05) is 41.2 Å². The van der Waals surface area contributed by atoms with Crippen molar-refractivity contribution in [2.24, 2.45) is 0 Å². The first-order chi connectivity index (χ1) is 14.0. The van der Waals surface area contributed by atoms with Crippen LogP contribution in [-0.4, -0.2) is 32.1 Å². The van der Waals surface area contributed by atoms with Crippen molar-refractivity contribution in [1.82, 2.24) is 25.0 Å². The van der Waals surface area contributed by atoms with Gasteiger partial charge < -0.3 is 4.74 Å². The zero-order valence-electron chi connectivity index (χ0n) is 15.1. The minimum absolute atomic E-state index is 0.308. The molecule has 0 radical (unpaired) electrons. The van der Waals surface area contributed by atoms with E-state index in [1.807, 2.05) is 18.2 Å². The average Bonchev–Trinajstić information content (AvgIpc) is 3.17. The number of hydrogen-bond donors (Lipinski definition) is 0. The summed E-state index contributed by atoms with van der Waals surface area (Å²) in [5, 5.41) is 8.86. The van der Waals surface area contributed by atoms with E-state index in [1.165, 1.54) is 24.2 Å². The Morgan fingerprint density at radius 3 is 2.69 bits per heavy atom. The molecule has 2 aromatic heterocycles. The Kier molecular flexibility index (Phi) is 5.10. The molecular formula is C19H14F3N5OS. The highest BCUT2D eigenvalue weighted by atomic mass is 32.2. The number of ether oxygens (including phenoxy) is 1. The van der Waals surface area contributed by atoms with E-state index >= 15 is 0 Å². The van der Waals surface area contributed by atoms with Crippen molar-refractivity contribution < 1.29 is 17.9 Å². The fourth-order valence-electron chi connectivity index (χ4n) is 2.74. The van der Waals surface area contributed by atoms with Crippen LogP contribution in [0.25, 0.3) is 16.9 Å². The molecule has 0 unspecified atom stereocenters. The first kappa shape index (κ1) is 19.2. The lowest BCUT2D eigenvalue weighted by Gasteiger charge is -2.08. The smallest absolute Gasteiger partial charge is 0.416 e. The minimum atomic E-state index is -4.37. The van der Waals surface area contributed by atoms with Crippen molar-refractivity contribution >= 4 is 22.9 Å². The summed E-state index contributed by atoms with van der Waals surface area (Å²) in [6.45, 7) is 0. The number of thioether (sulfide) groups is 1. The van der Waals surface area contributed by atoms with E-state index in [4.69, 9.17) is 4.74 Å². The Hall–Kier alpha value is -3.14. The molecule has 0 spiro atoms. The summed E-state index contributed by atoms with van der Waals surface area (Å²) < 4.78 is 45.5. The van der Waals surface area contributed by atoms with Gasteiger partial charge in [0.1, 0.15) is 17.1 Å². The quantitative estimate of drug-likeness (QED) is 0.351. The highest BCUT2D eigenvalue weighted by Crippen LogP contribution is 2.32. The van der Waals surface area contributed by atoms with Crippen LogP contribution >= 0.6 is 11.8 Å². The predicted molar refractivity (Wildman–Crippen MR) is 102 cm³/mol. The van der Waals surface area contributed by atoms with Crippen molar-refractivity contribution in [2.75, 3.05) is 7.11 Å². The Balaban J connectivity index is 1.62. The number of halogens is 3. The van der Waals surface area contributed by atoms with E-state index in [-0.39, 0.29) is 0 Å². The van der Waals surface area contributed by atoms with Gasteiger partial charge in [0.2, 0.25) is 0 Å². The van der Waals surface area contributed by atoms with Crippen LogP contribution in [0.15, 0.2) is 59.9 Å². The van der Waals surface area contributed by atoms with Crippen molar-refractivity contribution in [2.45, 2.75) is 17.0 Å². The number of methoxy groups -OCH3 is 1. The van der Waals surface area contributed by atoms with E-state index in [0.717, 1.165) is 17.8 Å². The molecule has 4 rings (SSSR count). The van der Waals surface area contributed by atoms with Gasteiger partial charge in [0, 0.05) is 11.8 Å². The monoisotopic (exact) mass is 417 g/mol. The number of fused-ring (bicyclic) bond motifs is 1. The van der Waals surface area contributed by atoms with Gasteiger partial charge in [-0.25, -0.2) is 9.97 Å². The van der Waals surface area contributed by atoms with E-state index in [1.54, 1.807) is 23.9 Å². The molecule has 0 atom stereocenters. The molecule has 2 aromatic carbocycles. The van der Waals surface area contributed by atoms with Gasteiger partial charge in [0.15, 0.2) is 11.2 Å². The third kappa shape index (κ3) is 4.02.